The van der Waals surface area contributed by atoms with Crippen LogP contribution >= 0.6 is 0 Å². The highest BCUT2D eigenvalue weighted by atomic mass is 28.3. The zero-order valence-electron chi connectivity index (χ0n) is 11.8. The summed E-state index contributed by atoms with van der Waals surface area (Å²) in [5.41, 5.74) is -0.372. The molecule has 0 radical (unpaired) electrons. The first-order valence-corrected chi connectivity index (χ1v) is 9.35. The van der Waals surface area contributed by atoms with E-state index in [0.717, 1.165) is 6.54 Å². The van der Waals surface area contributed by atoms with E-state index in [4.69, 9.17) is 9.47 Å². The Balaban J connectivity index is 2.17. The van der Waals surface area contributed by atoms with E-state index < -0.39 is 8.80 Å². The lowest BCUT2D eigenvalue weighted by atomic mass is 10.1. The van der Waals surface area contributed by atoms with Gasteiger partial charge in [0.2, 0.25) is 5.53 Å². The lowest BCUT2D eigenvalue weighted by Crippen LogP contribution is -2.53. The van der Waals surface area contributed by atoms with E-state index in [9.17, 15) is 0 Å². The molecular weight excluding hydrogens is 230 g/mol. The molecule has 1 heterocycles. The van der Waals surface area contributed by atoms with E-state index in [1.54, 1.807) is 14.2 Å². The van der Waals surface area contributed by atoms with Gasteiger partial charge in [-0.1, -0.05) is 51.5 Å². The van der Waals surface area contributed by atoms with Gasteiger partial charge >= 0.3 is 0 Å². The van der Waals surface area contributed by atoms with Crippen LogP contribution in [0.3, 0.4) is 0 Å². The Hall–Kier alpha value is 0.0969. The van der Waals surface area contributed by atoms with Gasteiger partial charge < -0.3 is 9.47 Å². The monoisotopic (exact) mass is 259 g/mol. The molecule has 1 atom stereocenters. The smallest absolute Gasteiger partial charge is 0.200 e. The highest BCUT2D eigenvalue weighted by molar-refractivity contribution is 6.62. The van der Waals surface area contributed by atoms with Gasteiger partial charge in [-0.3, -0.25) is 5.32 Å². The number of methoxy groups -OCH3 is 2. The van der Waals surface area contributed by atoms with Crippen molar-refractivity contribution in [2.75, 3.05) is 20.8 Å². The van der Waals surface area contributed by atoms with Crippen molar-refractivity contribution in [1.29, 1.82) is 0 Å². The molecule has 0 aliphatic carbocycles. The highest BCUT2D eigenvalue weighted by Gasteiger charge is 2.43. The van der Waals surface area contributed by atoms with Crippen molar-refractivity contribution in [3.8, 4) is 0 Å². The van der Waals surface area contributed by atoms with Crippen molar-refractivity contribution >= 4 is 8.80 Å². The molecule has 1 aliphatic heterocycles. The average molecular weight is 259 g/mol. The summed E-state index contributed by atoms with van der Waals surface area (Å²) >= 11 is 0. The lowest BCUT2D eigenvalue weighted by Gasteiger charge is -2.32. The molecule has 17 heavy (non-hydrogen) atoms. The predicted octanol–water partition coefficient (Wildman–Crippen LogP) is 2.66. The van der Waals surface area contributed by atoms with Crippen molar-refractivity contribution in [3.63, 3.8) is 0 Å². The van der Waals surface area contributed by atoms with Crippen LogP contribution in [0.25, 0.3) is 0 Å². The van der Waals surface area contributed by atoms with Crippen molar-refractivity contribution in [1.82, 2.24) is 5.32 Å². The number of hydrogen-bond acceptors (Lipinski definition) is 3. The van der Waals surface area contributed by atoms with Crippen LogP contribution in [-0.2, 0) is 9.47 Å². The van der Waals surface area contributed by atoms with Gasteiger partial charge in [0.15, 0.2) is 0 Å². The summed E-state index contributed by atoms with van der Waals surface area (Å²) in [6, 6.07) is 2.65. The summed E-state index contributed by atoms with van der Waals surface area (Å²) in [7, 11) is 2.59. The van der Waals surface area contributed by atoms with Crippen LogP contribution in [0.5, 0.6) is 0 Å². The van der Waals surface area contributed by atoms with E-state index in [1.165, 1.54) is 50.6 Å². The Bertz CT molecular complexity index is 198. The van der Waals surface area contributed by atoms with Crippen molar-refractivity contribution in [2.45, 2.75) is 63.1 Å². The van der Waals surface area contributed by atoms with Gasteiger partial charge in [0.1, 0.15) is 8.80 Å². The molecule has 0 amide bonds. The summed E-state index contributed by atoms with van der Waals surface area (Å²) in [6.45, 7) is 3.33. The van der Waals surface area contributed by atoms with Gasteiger partial charge in [0.25, 0.3) is 0 Å². The quantitative estimate of drug-likeness (QED) is 0.392. The van der Waals surface area contributed by atoms with Crippen LogP contribution in [0.4, 0.5) is 0 Å². The maximum absolute atomic E-state index is 5.58. The fraction of sp³-hybridized carbons (Fsp3) is 1.00. The number of unbranched alkanes of at least 4 members (excludes halogenated alkanes) is 5. The molecule has 1 N–H and O–H groups in total. The SMILES string of the molecule is CCCCCCCC[SiH]1CCNC1(OC)OC. The second kappa shape index (κ2) is 8.24. The Labute approximate surface area is 108 Å². The van der Waals surface area contributed by atoms with Gasteiger partial charge in [-0.2, -0.15) is 0 Å². The second-order valence-electron chi connectivity index (χ2n) is 5.04. The van der Waals surface area contributed by atoms with Gasteiger partial charge in [0.05, 0.1) is 0 Å². The molecular formula is C13H29NO2Si. The molecule has 102 valence electrons. The van der Waals surface area contributed by atoms with Gasteiger partial charge in [0, 0.05) is 14.2 Å². The Kier molecular flexibility index (Phi) is 7.35. The van der Waals surface area contributed by atoms with Crippen LogP contribution in [-0.4, -0.2) is 35.1 Å². The van der Waals surface area contributed by atoms with Gasteiger partial charge in [-0.05, 0) is 12.6 Å². The van der Waals surface area contributed by atoms with E-state index in [0.29, 0.717) is 0 Å². The Morgan fingerprint density at radius 1 is 1.06 bits per heavy atom. The molecule has 1 rings (SSSR count). The van der Waals surface area contributed by atoms with Crippen LogP contribution in [0.1, 0.15) is 45.4 Å². The first-order chi connectivity index (χ1) is 8.29. The molecule has 0 aromatic rings. The molecule has 0 saturated carbocycles. The van der Waals surface area contributed by atoms with E-state index in [1.807, 2.05) is 0 Å². The van der Waals surface area contributed by atoms with Gasteiger partial charge in [-0.25, -0.2) is 0 Å². The van der Waals surface area contributed by atoms with Crippen molar-refractivity contribution in [2.24, 2.45) is 0 Å². The highest BCUT2D eigenvalue weighted by Crippen LogP contribution is 2.26. The number of rotatable bonds is 9. The average Bonchev–Trinajstić information content (AvgIpc) is 2.77. The Morgan fingerprint density at radius 3 is 2.35 bits per heavy atom. The fourth-order valence-corrected chi connectivity index (χ4v) is 6.24. The normalized spacial score (nSPS) is 23.1. The molecule has 0 bridgehead atoms. The van der Waals surface area contributed by atoms with Crippen molar-refractivity contribution < 1.29 is 9.47 Å². The molecule has 1 aliphatic rings. The van der Waals surface area contributed by atoms with Crippen LogP contribution in [0, 0.1) is 0 Å². The molecule has 1 fully saturated rings. The number of ether oxygens (including phenoxy) is 2. The predicted molar refractivity (Wildman–Crippen MR) is 74.9 cm³/mol. The molecule has 0 spiro atoms. The van der Waals surface area contributed by atoms with Crippen LogP contribution in [0.15, 0.2) is 0 Å². The standard InChI is InChI=1S/C13H29NO2Si/c1-4-5-6-7-8-9-11-17-12-10-14-13(17,15-2)16-3/h14,17H,4-12H2,1-3H3. The van der Waals surface area contributed by atoms with Crippen LogP contribution < -0.4 is 5.32 Å². The third-order valence-electron chi connectivity index (χ3n) is 3.91. The summed E-state index contributed by atoms with van der Waals surface area (Å²) < 4.78 is 11.2. The molecule has 0 aromatic carbocycles. The Morgan fingerprint density at radius 2 is 1.71 bits per heavy atom. The molecule has 1 saturated heterocycles. The van der Waals surface area contributed by atoms with Crippen molar-refractivity contribution in [3.05, 3.63) is 0 Å². The summed E-state index contributed by atoms with van der Waals surface area (Å²) in [6.07, 6.45) is 8.26. The third-order valence-corrected chi connectivity index (χ3v) is 7.76. The minimum absolute atomic E-state index is 0.372. The molecule has 4 heteroatoms. The minimum Gasteiger partial charge on any atom is -0.345 e. The third kappa shape index (κ3) is 4.36. The van der Waals surface area contributed by atoms with E-state index in [-0.39, 0.29) is 5.53 Å². The topological polar surface area (TPSA) is 30.5 Å². The minimum atomic E-state index is -0.946. The van der Waals surface area contributed by atoms with E-state index >= 15 is 0 Å². The first-order valence-electron chi connectivity index (χ1n) is 7.14. The largest absolute Gasteiger partial charge is 0.345 e. The summed E-state index contributed by atoms with van der Waals surface area (Å²) in [4.78, 5) is 0. The first kappa shape index (κ1) is 15.2. The molecule has 1 unspecified atom stereocenters. The maximum atomic E-state index is 5.58. The summed E-state index contributed by atoms with van der Waals surface area (Å²) in [5, 5.41) is 3.40. The van der Waals surface area contributed by atoms with Gasteiger partial charge in [-0.15, -0.1) is 0 Å². The van der Waals surface area contributed by atoms with Crippen LogP contribution in [0.2, 0.25) is 12.1 Å². The molecule has 3 nitrogen and oxygen atoms in total. The fourth-order valence-electron chi connectivity index (χ4n) is 2.82. The molecule has 0 aromatic heterocycles. The maximum Gasteiger partial charge on any atom is 0.200 e. The number of nitrogens with one attached hydrogen (secondary N) is 1. The second-order valence-corrected chi connectivity index (χ2v) is 8.35. The number of hydrogen-bond donors (Lipinski definition) is 1. The zero-order valence-corrected chi connectivity index (χ0v) is 12.9. The summed E-state index contributed by atoms with van der Waals surface area (Å²) in [5.74, 6) is 0. The lowest BCUT2D eigenvalue weighted by molar-refractivity contribution is -0.162. The zero-order chi connectivity index (χ0) is 12.6. The van der Waals surface area contributed by atoms with E-state index in [2.05, 4.69) is 12.2 Å².